The quantitative estimate of drug-likeness (QED) is 0.212. The predicted molar refractivity (Wildman–Crippen MR) is 127 cm³/mol. The number of aryl methyl sites for hydroxylation is 3. The van der Waals surface area contributed by atoms with Crippen LogP contribution in [0.4, 0.5) is 5.69 Å². The molecular weight excluding hydrogens is 434 g/mol. The summed E-state index contributed by atoms with van der Waals surface area (Å²) in [6.07, 6.45) is 0.747. The lowest BCUT2D eigenvalue weighted by atomic mass is 10.1. The van der Waals surface area contributed by atoms with Crippen molar-refractivity contribution in [2.75, 3.05) is 0 Å². The van der Waals surface area contributed by atoms with Gasteiger partial charge in [0.1, 0.15) is 12.3 Å². The number of esters is 1. The number of para-hydroxylation sites is 3. The number of benzene rings is 3. The first-order valence-corrected chi connectivity index (χ1v) is 10.9. The molecule has 4 rings (SSSR count). The van der Waals surface area contributed by atoms with Gasteiger partial charge in [-0.1, -0.05) is 54.6 Å². The van der Waals surface area contributed by atoms with Crippen LogP contribution in [0.3, 0.4) is 0 Å². The molecule has 0 unspecified atom stereocenters. The molecule has 1 aromatic heterocycles. The zero-order valence-corrected chi connectivity index (χ0v) is 18.4. The lowest BCUT2D eigenvalue weighted by Gasteiger charge is -2.12. The minimum absolute atomic E-state index is 0.0557. The maximum atomic E-state index is 13.2. The maximum Gasteiger partial charge on any atom is 0.306 e. The monoisotopic (exact) mass is 457 g/mol. The molecule has 0 atom stereocenters. The van der Waals surface area contributed by atoms with Crippen molar-refractivity contribution in [1.82, 2.24) is 9.55 Å². The van der Waals surface area contributed by atoms with Gasteiger partial charge in [0.05, 0.1) is 27.9 Å². The molecule has 0 radical (unpaired) electrons. The number of hydrogen-bond acceptors (Lipinski definition) is 6. The van der Waals surface area contributed by atoms with Crippen molar-refractivity contribution >= 4 is 22.7 Å². The summed E-state index contributed by atoms with van der Waals surface area (Å²) in [6.45, 7) is 0.281. The molecule has 8 heteroatoms. The van der Waals surface area contributed by atoms with Crippen molar-refractivity contribution in [2.45, 2.75) is 32.4 Å². The van der Waals surface area contributed by atoms with E-state index in [1.54, 1.807) is 22.8 Å². The Balaban J connectivity index is 1.47. The highest BCUT2D eigenvalue weighted by atomic mass is 16.6. The summed E-state index contributed by atoms with van der Waals surface area (Å²) in [5.74, 6) is -0.552. The number of fused-ring (bicyclic) bond motifs is 1. The summed E-state index contributed by atoms with van der Waals surface area (Å²) in [5.41, 5.74) is 2.80. The SMILES string of the molecule is O=C(CCc1nc2ccccc2n(CCc2ccccc2)c1=O)OCc1ccccc1[N+](=O)[O-]. The largest absolute Gasteiger partial charge is 0.461 e. The maximum absolute atomic E-state index is 13.2. The summed E-state index contributed by atoms with van der Waals surface area (Å²) in [6, 6.07) is 23.4. The molecule has 0 bridgehead atoms. The molecule has 3 aromatic carbocycles. The van der Waals surface area contributed by atoms with Crippen LogP contribution in [0, 0.1) is 10.1 Å². The molecule has 34 heavy (non-hydrogen) atoms. The molecule has 0 aliphatic heterocycles. The predicted octanol–water partition coefficient (Wildman–Crippen LogP) is 4.22. The van der Waals surface area contributed by atoms with E-state index in [4.69, 9.17) is 4.74 Å². The Morgan fingerprint density at radius 3 is 2.44 bits per heavy atom. The molecule has 0 fully saturated rings. The van der Waals surface area contributed by atoms with Gasteiger partial charge in [-0.3, -0.25) is 19.7 Å². The number of rotatable bonds is 9. The van der Waals surface area contributed by atoms with Gasteiger partial charge in [-0.2, -0.15) is 0 Å². The van der Waals surface area contributed by atoms with Crippen molar-refractivity contribution in [2.24, 2.45) is 0 Å². The summed E-state index contributed by atoms with van der Waals surface area (Å²) in [4.78, 5) is 40.6. The first kappa shape index (κ1) is 22.8. The molecule has 0 amide bonds. The second-order valence-corrected chi connectivity index (χ2v) is 7.79. The van der Waals surface area contributed by atoms with Crippen molar-refractivity contribution in [3.63, 3.8) is 0 Å². The summed E-state index contributed by atoms with van der Waals surface area (Å²) < 4.78 is 6.92. The average molecular weight is 457 g/mol. The Hall–Kier alpha value is -4.33. The van der Waals surface area contributed by atoms with Crippen LogP contribution < -0.4 is 5.56 Å². The zero-order chi connectivity index (χ0) is 23.9. The van der Waals surface area contributed by atoms with E-state index in [0.717, 1.165) is 11.1 Å². The van der Waals surface area contributed by atoms with Gasteiger partial charge in [0.25, 0.3) is 11.2 Å². The van der Waals surface area contributed by atoms with Gasteiger partial charge in [0, 0.05) is 19.0 Å². The van der Waals surface area contributed by atoms with Crippen molar-refractivity contribution in [3.8, 4) is 0 Å². The van der Waals surface area contributed by atoms with E-state index < -0.39 is 10.9 Å². The number of nitro benzene ring substituents is 1. The van der Waals surface area contributed by atoms with E-state index in [1.807, 2.05) is 54.6 Å². The van der Waals surface area contributed by atoms with Crippen LogP contribution in [0.25, 0.3) is 11.0 Å². The first-order chi connectivity index (χ1) is 16.5. The molecule has 4 aromatic rings. The fourth-order valence-electron chi connectivity index (χ4n) is 3.78. The van der Waals surface area contributed by atoms with E-state index >= 15 is 0 Å². The molecule has 0 spiro atoms. The third kappa shape index (κ3) is 5.35. The fourth-order valence-corrected chi connectivity index (χ4v) is 3.78. The lowest BCUT2D eigenvalue weighted by molar-refractivity contribution is -0.385. The van der Waals surface area contributed by atoms with Gasteiger partial charge in [-0.05, 0) is 30.2 Å². The van der Waals surface area contributed by atoms with Crippen LogP contribution in [0.1, 0.15) is 23.2 Å². The normalized spacial score (nSPS) is 10.8. The molecule has 8 nitrogen and oxygen atoms in total. The summed E-state index contributed by atoms with van der Waals surface area (Å²) in [7, 11) is 0. The Bertz CT molecular complexity index is 1380. The number of carbonyl (C=O) groups is 1. The number of nitrogens with zero attached hydrogens (tertiary/aromatic N) is 3. The third-order valence-corrected chi connectivity index (χ3v) is 5.53. The van der Waals surface area contributed by atoms with Crippen molar-refractivity contribution < 1.29 is 14.5 Å². The number of nitro groups is 1. The van der Waals surface area contributed by atoms with Crippen LogP contribution in [-0.4, -0.2) is 20.4 Å². The second kappa shape index (κ2) is 10.5. The Morgan fingerprint density at radius 1 is 0.941 bits per heavy atom. The molecule has 0 aliphatic rings. The highest BCUT2D eigenvalue weighted by Gasteiger charge is 2.16. The molecule has 0 saturated heterocycles. The van der Waals surface area contributed by atoms with E-state index in [0.29, 0.717) is 24.0 Å². The zero-order valence-electron chi connectivity index (χ0n) is 18.4. The van der Waals surface area contributed by atoms with E-state index in [1.165, 1.54) is 6.07 Å². The summed E-state index contributed by atoms with van der Waals surface area (Å²) >= 11 is 0. The molecule has 1 heterocycles. The number of aromatic nitrogens is 2. The molecule has 0 aliphatic carbocycles. The van der Waals surface area contributed by atoms with Crippen LogP contribution in [0.2, 0.25) is 0 Å². The average Bonchev–Trinajstić information content (AvgIpc) is 2.86. The Kier molecular flexibility index (Phi) is 7.07. The van der Waals surface area contributed by atoms with Gasteiger partial charge in [-0.15, -0.1) is 0 Å². The lowest BCUT2D eigenvalue weighted by Crippen LogP contribution is -2.27. The van der Waals surface area contributed by atoms with E-state index in [9.17, 15) is 19.7 Å². The highest BCUT2D eigenvalue weighted by molar-refractivity contribution is 5.75. The summed E-state index contributed by atoms with van der Waals surface area (Å²) in [5, 5.41) is 11.1. The first-order valence-electron chi connectivity index (χ1n) is 10.9. The molecule has 0 saturated carbocycles. The Morgan fingerprint density at radius 2 is 1.65 bits per heavy atom. The van der Waals surface area contributed by atoms with Crippen LogP contribution in [0.5, 0.6) is 0 Å². The molecule has 0 N–H and O–H groups in total. The standard InChI is InChI=1S/C26H23N3O5/c30-25(34-18-20-10-4-6-12-23(20)29(32)33)15-14-22-26(31)28(17-16-19-8-2-1-3-9-19)24-13-7-5-11-21(24)27-22/h1-13H,14-18H2. The van der Waals surface area contributed by atoms with Crippen molar-refractivity contribution in [3.05, 3.63) is 116 Å². The molecule has 172 valence electrons. The van der Waals surface area contributed by atoms with Gasteiger partial charge < -0.3 is 9.30 Å². The van der Waals surface area contributed by atoms with Crippen LogP contribution in [0.15, 0.2) is 83.7 Å². The smallest absolute Gasteiger partial charge is 0.306 e. The minimum atomic E-state index is -0.552. The van der Waals surface area contributed by atoms with Crippen LogP contribution >= 0.6 is 0 Å². The second-order valence-electron chi connectivity index (χ2n) is 7.79. The molecular formula is C26H23N3O5. The minimum Gasteiger partial charge on any atom is -0.461 e. The van der Waals surface area contributed by atoms with Crippen molar-refractivity contribution in [1.29, 1.82) is 0 Å². The number of ether oxygens (including phenoxy) is 1. The highest BCUT2D eigenvalue weighted by Crippen LogP contribution is 2.19. The van der Waals surface area contributed by atoms with Gasteiger partial charge in [0.2, 0.25) is 0 Å². The Labute approximate surface area is 195 Å². The van der Waals surface area contributed by atoms with Gasteiger partial charge >= 0.3 is 5.97 Å². The van der Waals surface area contributed by atoms with E-state index in [-0.39, 0.29) is 36.4 Å². The topological polar surface area (TPSA) is 104 Å². The van der Waals surface area contributed by atoms with Gasteiger partial charge in [0.15, 0.2) is 0 Å². The number of carbonyl (C=O) groups excluding carboxylic acids is 1. The van der Waals surface area contributed by atoms with Gasteiger partial charge in [-0.25, -0.2) is 4.98 Å². The van der Waals surface area contributed by atoms with Crippen LogP contribution in [-0.2, 0) is 35.5 Å². The number of hydrogen-bond donors (Lipinski definition) is 0. The fraction of sp³-hybridized carbons (Fsp3) is 0.192. The van der Waals surface area contributed by atoms with E-state index in [2.05, 4.69) is 4.98 Å². The third-order valence-electron chi connectivity index (χ3n) is 5.53.